The molecule has 2 N–H and O–H groups in total. The molecule has 2 aromatic heterocycles. The Morgan fingerprint density at radius 3 is 1.39 bits per heavy atom. The maximum Gasteiger partial charge on any atom is 0.373 e. The average Bonchev–Trinajstić information content (AvgIpc) is 3.41. The van der Waals surface area contributed by atoms with E-state index in [2.05, 4.69) is 40.1 Å². The van der Waals surface area contributed by atoms with E-state index in [0.29, 0.717) is 11.1 Å². The molecular formula is C20H18Cl2N8O4P2. The molecule has 3 aromatic rings. The maximum atomic E-state index is 13.7. The van der Waals surface area contributed by atoms with Crippen LogP contribution in [0.15, 0.2) is 71.2 Å². The number of halogens is 2. The largest absolute Gasteiger partial charge is 0.412 e. The number of alkyl halides is 2. The molecule has 4 atom stereocenters. The van der Waals surface area contributed by atoms with Gasteiger partial charge < -0.3 is 9.05 Å². The molecule has 0 amide bonds. The molecule has 4 heterocycles. The molecule has 0 bridgehead atoms. The van der Waals surface area contributed by atoms with E-state index in [4.69, 9.17) is 32.2 Å². The van der Waals surface area contributed by atoms with E-state index >= 15 is 0 Å². The van der Waals surface area contributed by atoms with Crippen molar-refractivity contribution in [2.24, 2.45) is 9.98 Å². The van der Waals surface area contributed by atoms with Crippen molar-refractivity contribution in [3.05, 3.63) is 72.3 Å². The number of aromatic nitrogens is 4. The Labute approximate surface area is 215 Å². The van der Waals surface area contributed by atoms with E-state index in [-0.39, 0.29) is 35.5 Å². The van der Waals surface area contributed by atoms with Crippen LogP contribution in [0, 0.1) is 0 Å². The fourth-order valence-corrected chi connectivity index (χ4v) is 7.81. The van der Waals surface area contributed by atoms with Crippen LogP contribution in [0.25, 0.3) is 0 Å². The summed E-state index contributed by atoms with van der Waals surface area (Å²) in [6.07, 6.45) is 6.04. The minimum atomic E-state index is -3.64. The first-order valence-corrected chi connectivity index (χ1v) is 14.9. The standard InChI is InChI=1S/C20H18Cl2N8O4P2/c21-11-15-27-17(35(31,33-15)29-19-23-7-1-8-24-19)13-3-5-14(6-4-13)18-28-16(12-22)34-36(18,32)30-20-25-9-2-10-26-20/h1-10,17-18H,11-12H2,(H,23,24,29,31)(H,25,26,30,32)/t17-,18+,35-,36-/m0/s1. The molecule has 0 saturated heterocycles. The summed E-state index contributed by atoms with van der Waals surface area (Å²) in [4.78, 5) is 25.0. The highest BCUT2D eigenvalue weighted by Gasteiger charge is 2.46. The number of aliphatic imine (C=N–C) groups is 2. The van der Waals surface area contributed by atoms with E-state index in [1.165, 1.54) is 24.8 Å². The predicted molar refractivity (Wildman–Crippen MR) is 137 cm³/mol. The molecule has 0 unspecified atom stereocenters. The van der Waals surface area contributed by atoms with Gasteiger partial charge in [-0.1, -0.05) is 24.3 Å². The van der Waals surface area contributed by atoms with Crippen LogP contribution in [0.3, 0.4) is 0 Å². The molecule has 16 heteroatoms. The summed E-state index contributed by atoms with van der Waals surface area (Å²) in [6.45, 7) is 0. The Morgan fingerprint density at radius 2 is 1.06 bits per heavy atom. The van der Waals surface area contributed by atoms with Crippen molar-refractivity contribution < 1.29 is 18.2 Å². The molecule has 0 spiro atoms. The van der Waals surface area contributed by atoms with Gasteiger partial charge in [0.15, 0.2) is 11.6 Å². The number of rotatable bonds is 8. The minimum absolute atomic E-state index is 0.0539. The summed E-state index contributed by atoms with van der Waals surface area (Å²) in [5.74, 6) is -1.36. The van der Waals surface area contributed by atoms with Crippen LogP contribution in [0.4, 0.5) is 11.9 Å². The van der Waals surface area contributed by atoms with Gasteiger partial charge in [-0.3, -0.25) is 19.3 Å². The van der Waals surface area contributed by atoms with Crippen LogP contribution in [0.1, 0.15) is 22.7 Å². The van der Waals surface area contributed by atoms with Crippen LogP contribution in [-0.4, -0.2) is 43.5 Å². The van der Waals surface area contributed by atoms with Gasteiger partial charge in [-0.25, -0.2) is 29.9 Å². The van der Waals surface area contributed by atoms with Gasteiger partial charge >= 0.3 is 15.0 Å². The van der Waals surface area contributed by atoms with Crippen molar-refractivity contribution >= 4 is 61.9 Å². The third-order valence-electron chi connectivity index (χ3n) is 5.06. The smallest absolute Gasteiger partial charge is 0.373 e. The number of hydrogen-bond donors (Lipinski definition) is 2. The van der Waals surface area contributed by atoms with Gasteiger partial charge in [-0.15, -0.1) is 23.2 Å². The second-order valence-corrected chi connectivity index (χ2v) is 12.2. The lowest BCUT2D eigenvalue weighted by atomic mass is 10.1. The molecule has 0 fully saturated rings. The third kappa shape index (κ3) is 4.95. The second-order valence-electron chi connectivity index (χ2n) is 7.47. The summed E-state index contributed by atoms with van der Waals surface area (Å²) in [5.41, 5.74) is 1.14. The van der Waals surface area contributed by atoms with Gasteiger partial charge in [0, 0.05) is 24.8 Å². The summed E-state index contributed by atoms with van der Waals surface area (Å²) in [6, 6.07) is 10.1. The van der Waals surface area contributed by atoms with Gasteiger partial charge in [0.2, 0.25) is 23.7 Å². The van der Waals surface area contributed by atoms with Crippen molar-refractivity contribution in [3.63, 3.8) is 0 Å². The van der Waals surface area contributed by atoms with E-state index in [9.17, 15) is 9.13 Å². The average molecular weight is 567 g/mol. The van der Waals surface area contributed by atoms with Gasteiger partial charge in [0.05, 0.1) is 11.8 Å². The van der Waals surface area contributed by atoms with Gasteiger partial charge in [0.25, 0.3) is 0 Å². The summed E-state index contributed by atoms with van der Waals surface area (Å²) in [5, 5.41) is 5.53. The van der Waals surface area contributed by atoms with Gasteiger partial charge in [0.1, 0.15) is 0 Å². The molecule has 2 aliphatic rings. The van der Waals surface area contributed by atoms with E-state index in [0.717, 1.165) is 0 Å². The third-order valence-corrected chi connectivity index (χ3v) is 9.62. The summed E-state index contributed by atoms with van der Waals surface area (Å²) < 4.78 is 38.6. The fraction of sp³-hybridized carbons (Fsp3) is 0.200. The highest BCUT2D eigenvalue weighted by atomic mass is 35.5. The van der Waals surface area contributed by atoms with Crippen LogP contribution >= 0.6 is 38.2 Å². The van der Waals surface area contributed by atoms with Crippen molar-refractivity contribution in [2.45, 2.75) is 11.6 Å². The number of anilines is 2. The first-order chi connectivity index (χ1) is 17.4. The Morgan fingerprint density at radius 1 is 0.694 bits per heavy atom. The highest BCUT2D eigenvalue weighted by molar-refractivity contribution is 7.62. The molecule has 186 valence electrons. The van der Waals surface area contributed by atoms with E-state index in [1.807, 2.05) is 0 Å². The number of hydrogen-bond acceptors (Lipinski definition) is 10. The lowest BCUT2D eigenvalue weighted by Crippen LogP contribution is -2.08. The highest BCUT2D eigenvalue weighted by Crippen LogP contribution is 2.65. The van der Waals surface area contributed by atoms with Crippen LogP contribution in [-0.2, 0) is 18.2 Å². The quantitative estimate of drug-likeness (QED) is 0.274. The lowest BCUT2D eigenvalue weighted by Gasteiger charge is -2.21. The normalized spacial score (nSPS) is 26.9. The van der Waals surface area contributed by atoms with E-state index in [1.54, 1.807) is 36.4 Å². The van der Waals surface area contributed by atoms with Crippen molar-refractivity contribution in [2.75, 3.05) is 21.9 Å². The minimum Gasteiger partial charge on any atom is -0.412 e. The van der Waals surface area contributed by atoms with Crippen molar-refractivity contribution in [3.8, 4) is 0 Å². The zero-order valence-corrected chi connectivity index (χ0v) is 21.6. The monoisotopic (exact) mass is 566 g/mol. The Kier molecular flexibility index (Phi) is 6.94. The van der Waals surface area contributed by atoms with Crippen molar-refractivity contribution in [1.29, 1.82) is 0 Å². The molecular weight excluding hydrogens is 549 g/mol. The van der Waals surface area contributed by atoms with Crippen LogP contribution in [0.5, 0.6) is 0 Å². The molecule has 0 radical (unpaired) electrons. The zero-order chi connectivity index (χ0) is 25.2. The number of benzene rings is 1. The second kappa shape index (κ2) is 10.1. The van der Waals surface area contributed by atoms with Crippen LogP contribution < -0.4 is 10.2 Å². The number of nitrogens with zero attached hydrogens (tertiary/aromatic N) is 6. The Hall–Kier alpha value is -3.04. The van der Waals surface area contributed by atoms with E-state index < -0.39 is 26.6 Å². The van der Waals surface area contributed by atoms with Gasteiger partial charge in [-0.2, -0.15) is 0 Å². The summed E-state index contributed by atoms with van der Waals surface area (Å²) in [7, 11) is -7.28. The number of nitrogens with one attached hydrogen (secondary N) is 2. The maximum absolute atomic E-state index is 13.7. The topological polar surface area (TPSA) is 153 Å². The van der Waals surface area contributed by atoms with Crippen molar-refractivity contribution in [1.82, 2.24) is 19.9 Å². The first kappa shape index (κ1) is 24.6. The van der Waals surface area contributed by atoms with Gasteiger partial charge in [-0.05, 0) is 23.3 Å². The fourth-order valence-electron chi connectivity index (χ4n) is 3.54. The van der Waals surface area contributed by atoms with Crippen LogP contribution in [0.2, 0.25) is 0 Å². The molecule has 0 aliphatic carbocycles. The molecule has 1 aromatic carbocycles. The zero-order valence-electron chi connectivity index (χ0n) is 18.3. The Balaban J connectivity index is 1.43. The SMILES string of the molecule is O=[P@]1(Nc2ncccn2)OC(CCl)=N[C@@H]1c1ccc([C@@H]2N=C(CCl)O[P@]2(=O)Nc2ncccn2)cc1. The molecule has 0 saturated carbocycles. The molecule has 36 heavy (non-hydrogen) atoms. The summed E-state index contributed by atoms with van der Waals surface area (Å²) >= 11 is 11.8. The molecule has 2 aliphatic heterocycles. The predicted octanol–water partition coefficient (Wildman–Crippen LogP) is 5.21. The molecule has 12 nitrogen and oxygen atoms in total. The molecule has 5 rings (SSSR count). The Bertz CT molecular complexity index is 1290. The first-order valence-electron chi connectivity index (χ1n) is 10.5. The lowest BCUT2D eigenvalue weighted by molar-refractivity contribution is 0.487.